The Kier molecular flexibility index (Phi) is 4.31. The fraction of sp³-hybridized carbons (Fsp3) is 0.333. The fourth-order valence-electron chi connectivity index (χ4n) is 3.40. The second kappa shape index (κ2) is 6.07. The predicted octanol–water partition coefficient (Wildman–Crippen LogP) is 4.47. The summed E-state index contributed by atoms with van der Waals surface area (Å²) in [5.74, 6) is 0. The summed E-state index contributed by atoms with van der Waals surface area (Å²) in [6.45, 7) is 5.47. The number of halogens is 1. The number of fused-ring (bicyclic) bond motifs is 3. The van der Waals surface area contributed by atoms with Gasteiger partial charge in [0.25, 0.3) is 0 Å². The van der Waals surface area contributed by atoms with Crippen LogP contribution in [0.15, 0.2) is 36.4 Å². The van der Waals surface area contributed by atoms with Gasteiger partial charge >= 0.3 is 0 Å². The van der Waals surface area contributed by atoms with E-state index in [0.29, 0.717) is 0 Å². The van der Waals surface area contributed by atoms with E-state index in [1.165, 1.54) is 27.1 Å². The molecular weight excluding hydrogens is 312 g/mol. The lowest BCUT2D eigenvalue weighted by atomic mass is 10.1. The minimum atomic E-state index is 0. The Balaban J connectivity index is 0.00000144. The highest BCUT2D eigenvalue weighted by Gasteiger charge is 2.23. The summed E-state index contributed by atoms with van der Waals surface area (Å²) in [5, 5.41) is 0. The number of likely N-dealkylation sites (N-methyl/N-ethyl adjacent to an activating group) is 1. The molecule has 3 heterocycles. The topological polar surface area (TPSA) is 8.17 Å². The first-order chi connectivity index (χ1) is 10.2. The molecule has 0 N–H and O–H groups in total. The molecule has 0 atom stereocenters. The average Bonchev–Trinajstić information content (AvgIpc) is 2.98. The van der Waals surface area contributed by atoms with E-state index >= 15 is 0 Å². The number of hydrogen-bond acceptors (Lipinski definition) is 2. The van der Waals surface area contributed by atoms with Crippen molar-refractivity contribution in [2.75, 3.05) is 13.6 Å². The van der Waals surface area contributed by atoms with Crippen LogP contribution in [0.2, 0.25) is 0 Å². The molecule has 4 rings (SSSR count). The maximum Gasteiger partial charge on any atom is 0.0601 e. The van der Waals surface area contributed by atoms with Gasteiger partial charge in [-0.05, 0) is 25.6 Å². The van der Waals surface area contributed by atoms with Gasteiger partial charge in [0.15, 0.2) is 0 Å². The lowest BCUT2D eigenvalue weighted by Crippen LogP contribution is -2.27. The van der Waals surface area contributed by atoms with Gasteiger partial charge < -0.3 is 9.47 Å². The summed E-state index contributed by atoms with van der Waals surface area (Å²) in [4.78, 5) is 3.85. The molecule has 2 nitrogen and oxygen atoms in total. The number of rotatable bonds is 2. The summed E-state index contributed by atoms with van der Waals surface area (Å²) in [7, 11) is 2.23. The van der Waals surface area contributed by atoms with E-state index in [0.717, 1.165) is 19.6 Å². The smallest absolute Gasteiger partial charge is 0.0601 e. The molecule has 0 aliphatic carbocycles. The Hall–Kier alpha value is -1.29. The van der Waals surface area contributed by atoms with E-state index in [2.05, 4.69) is 59.8 Å². The van der Waals surface area contributed by atoms with Crippen LogP contribution in [0.5, 0.6) is 0 Å². The number of nitrogens with zero attached hydrogens (tertiary/aromatic N) is 2. The molecule has 0 saturated heterocycles. The van der Waals surface area contributed by atoms with E-state index in [4.69, 9.17) is 0 Å². The van der Waals surface area contributed by atoms with Crippen molar-refractivity contribution in [2.24, 2.45) is 0 Å². The summed E-state index contributed by atoms with van der Waals surface area (Å²) >= 11 is 1.95. The summed E-state index contributed by atoms with van der Waals surface area (Å²) < 4.78 is 4.06. The van der Waals surface area contributed by atoms with E-state index in [1.54, 1.807) is 11.3 Å². The maximum absolute atomic E-state index is 2.55. The lowest BCUT2D eigenvalue weighted by molar-refractivity contribution is 0.310. The van der Waals surface area contributed by atoms with Gasteiger partial charge in [-0.2, -0.15) is 0 Å². The van der Waals surface area contributed by atoms with Crippen molar-refractivity contribution in [3.8, 4) is 0 Å². The first-order valence-corrected chi connectivity index (χ1v) is 8.37. The number of thiophene rings is 1. The van der Waals surface area contributed by atoms with Crippen LogP contribution < -0.4 is 0 Å². The minimum absolute atomic E-state index is 0. The molecule has 2 aromatic heterocycles. The van der Waals surface area contributed by atoms with Crippen LogP contribution in [0.3, 0.4) is 0 Å². The summed E-state index contributed by atoms with van der Waals surface area (Å²) in [5.41, 5.74) is 5.94. The van der Waals surface area contributed by atoms with Crippen molar-refractivity contribution < 1.29 is 0 Å². The normalized spacial score (nSPS) is 14.8. The zero-order valence-corrected chi connectivity index (χ0v) is 14.6. The van der Waals surface area contributed by atoms with Crippen LogP contribution in [0.25, 0.3) is 10.2 Å². The largest absolute Gasteiger partial charge is 0.339 e. The highest BCUT2D eigenvalue weighted by molar-refractivity contribution is 7.19. The van der Waals surface area contributed by atoms with E-state index in [-0.39, 0.29) is 12.4 Å². The molecule has 0 radical (unpaired) electrons. The van der Waals surface area contributed by atoms with E-state index < -0.39 is 0 Å². The molecule has 0 fully saturated rings. The predicted molar refractivity (Wildman–Crippen MR) is 97.4 cm³/mol. The molecule has 1 aromatic carbocycles. The van der Waals surface area contributed by atoms with Gasteiger partial charge in [0.1, 0.15) is 0 Å². The van der Waals surface area contributed by atoms with Gasteiger partial charge in [-0.1, -0.05) is 30.3 Å². The van der Waals surface area contributed by atoms with Crippen LogP contribution in [0.1, 0.15) is 21.7 Å². The third kappa shape index (κ3) is 2.58. The summed E-state index contributed by atoms with van der Waals surface area (Å²) in [6, 6.07) is 13.2. The van der Waals surface area contributed by atoms with Gasteiger partial charge in [-0.25, -0.2) is 0 Å². The highest BCUT2D eigenvalue weighted by atomic mass is 35.5. The van der Waals surface area contributed by atoms with Crippen molar-refractivity contribution >= 4 is 34.0 Å². The van der Waals surface area contributed by atoms with Gasteiger partial charge in [0.05, 0.1) is 10.2 Å². The van der Waals surface area contributed by atoms with Crippen molar-refractivity contribution in [3.05, 3.63) is 58.1 Å². The maximum atomic E-state index is 2.55. The minimum Gasteiger partial charge on any atom is -0.339 e. The molecule has 1 aliphatic heterocycles. The van der Waals surface area contributed by atoms with Crippen LogP contribution in [-0.4, -0.2) is 23.1 Å². The second-order valence-corrected chi connectivity index (χ2v) is 7.31. The van der Waals surface area contributed by atoms with Gasteiger partial charge in [-0.3, -0.25) is 0 Å². The van der Waals surface area contributed by atoms with Crippen molar-refractivity contribution in [1.82, 2.24) is 9.47 Å². The molecule has 0 amide bonds. The third-order valence-corrected chi connectivity index (χ3v) is 5.52. The Bertz CT molecular complexity index is 788. The van der Waals surface area contributed by atoms with Gasteiger partial charge in [0.2, 0.25) is 0 Å². The van der Waals surface area contributed by atoms with Crippen LogP contribution in [-0.2, 0) is 19.5 Å². The Morgan fingerprint density at radius 2 is 1.95 bits per heavy atom. The zero-order valence-electron chi connectivity index (χ0n) is 13.0. The number of hydrogen-bond donors (Lipinski definition) is 0. The Morgan fingerprint density at radius 3 is 2.73 bits per heavy atom. The molecule has 3 aromatic rings. The zero-order chi connectivity index (χ0) is 14.4. The first kappa shape index (κ1) is 15.6. The second-order valence-electron chi connectivity index (χ2n) is 6.06. The molecule has 22 heavy (non-hydrogen) atoms. The molecular formula is C18H21ClN2S. The Morgan fingerprint density at radius 1 is 1.18 bits per heavy atom. The monoisotopic (exact) mass is 332 g/mol. The molecule has 0 bridgehead atoms. The summed E-state index contributed by atoms with van der Waals surface area (Å²) in [6.07, 6.45) is 1.17. The first-order valence-electron chi connectivity index (χ1n) is 7.55. The molecule has 1 aliphatic rings. The lowest BCUT2D eigenvalue weighted by Gasteiger charge is -2.24. The third-order valence-electron chi connectivity index (χ3n) is 4.42. The van der Waals surface area contributed by atoms with Gasteiger partial charge in [0, 0.05) is 42.2 Å². The van der Waals surface area contributed by atoms with Crippen LogP contribution >= 0.6 is 23.7 Å². The molecule has 116 valence electrons. The average molecular weight is 333 g/mol. The molecule has 0 saturated carbocycles. The molecule has 4 heteroatoms. The number of aromatic nitrogens is 1. The quantitative estimate of drug-likeness (QED) is 0.672. The highest BCUT2D eigenvalue weighted by Crippen LogP contribution is 2.36. The number of aryl methyl sites for hydroxylation is 1. The Labute approximate surface area is 141 Å². The molecule has 0 unspecified atom stereocenters. The number of benzene rings is 1. The standard InChI is InChI=1S/C18H20N2S.ClH/c1-13-10-17-18(21-13)15-12-19(2)9-8-16(15)20(17)11-14-6-4-3-5-7-14;/h3-7,10H,8-9,11-12H2,1-2H3;1H. The van der Waals surface area contributed by atoms with Gasteiger partial charge in [-0.15, -0.1) is 23.7 Å². The molecule has 0 spiro atoms. The van der Waals surface area contributed by atoms with Crippen LogP contribution in [0.4, 0.5) is 0 Å². The van der Waals surface area contributed by atoms with E-state index in [9.17, 15) is 0 Å². The SMILES string of the molecule is Cc1cc2c(s1)c1c(n2Cc2ccccc2)CCN(C)C1.Cl. The van der Waals surface area contributed by atoms with Crippen LogP contribution in [0, 0.1) is 6.92 Å². The van der Waals surface area contributed by atoms with Crippen molar-refractivity contribution in [1.29, 1.82) is 0 Å². The fourth-order valence-corrected chi connectivity index (χ4v) is 4.47. The van der Waals surface area contributed by atoms with Crippen molar-refractivity contribution in [3.63, 3.8) is 0 Å². The van der Waals surface area contributed by atoms with E-state index in [1.807, 2.05) is 11.3 Å². The van der Waals surface area contributed by atoms with Crippen molar-refractivity contribution in [2.45, 2.75) is 26.4 Å².